The summed E-state index contributed by atoms with van der Waals surface area (Å²) < 4.78 is 12.1. The van der Waals surface area contributed by atoms with E-state index in [0.717, 1.165) is 14.5 Å². The average molecular weight is 414 g/mol. The molecule has 0 aliphatic carbocycles. The molecule has 0 unspecified atom stereocenters. The molecule has 0 spiro atoms. The summed E-state index contributed by atoms with van der Waals surface area (Å²) >= 11 is 6.81. The second-order valence-electron chi connectivity index (χ2n) is 4.50. The molecule has 0 amide bonds. The molecule has 0 bridgehead atoms. The monoisotopic (exact) mass is 412 g/mol. The molecular formula is C16H14Br2O3. The van der Waals surface area contributed by atoms with Crippen molar-refractivity contribution >= 4 is 37.6 Å². The van der Waals surface area contributed by atoms with Gasteiger partial charge >= 0.3 is 0 Å². The molecule has 2 aromatic rings. The molecule has 0 saturated heterocycles. The number of ketones is 1. The minimum absolute atomic E-state index is 0.117. The van der Waals surface area contributed by atoms with Gasteiger partial charge in [-0.1, -0.05) is 27.6 Å². The highest BCUT2D eigenvalue weighted by atomic mass is 79.9. The van der Waals surface area contributed by atoms with E-state index in [2.05, 4.69) is 31.9 Å². The van der Waals surface area contributed by atoms with Gasteiger partial charge in [-0.2, -0.15) is 0 Å². The van der Waals surface area contributed by atoms with Crippen LogP contribution in [0.2, 0.25) is 0 Å². The van der Waals surface area contributed by atoms with Gasteiger partial charge in [0.25, 0.3) is 0 Å². The molecular weight excluding hydrogens is 400 g/mol. The van der Waals surface area contributed by atoms with Crippen LogP contribution in [0, 0.1) is 6.92 Å². The molecule has 0 fully saturated rings. The smallest absolute Gasteiger partial charge is 0.198 e. The Bertz CT molecular complexity index is 696. The fourth-order valence-electron chi connectivity index (χ4n) is 2.00. The van der Waals surface area contributed by atoms with Crippen molar-refractivity contribution < 1.29 is 14.3 Å². The zero-order valence-corrected chi connectivity index (χ0v) is 15.0. The maximum Gasteiger partial charge on any atom is 0.198 e. The number of rotatable bonds is 4. The van der Waals surface area contributed by atoms with Crippen molar-refractivity contribution in [2.24, 2.45) is 0 Å². The van der Waals surface area contributed by atoms with E-state index >= 15 is 0 Å². The Hall–Kier alpha value is -1.33. The summed E-state index contributed by atoms with van der Waals surface area (Å²) in [6.07, 6.45) is 0. The third-order valence-corrected chi connectivity index (χ3v) is 4.40. The van der Waals surface area contributed by atoms with Gasteiger partial charge in [-0.05, 0) is 47.1 Å². The number of aryl methyl sites for hydroxylation is 1. The quantitative estimate of drug-likeness (QED) is 0.677. The van der Waals surface area contributed by atoms with E-state index in [9.17, 15) is 4.79 Å². The first-order valence-electron chi connectivity index (χ1n) is 6.20. The third kappa shape index (κ3) is 3.30. The van der Waals surface area contributed by atoms with Crippen LogP contribution in [0.4, 0.5) is 0 Å². The number of carbonyl (C=O) groups is 1. The summed E-state index contributed by atoms with van der Waals surface area (Å²) in [6.45, 7) is 1.95. The molecule has 3 nitrogen and oxygen atoms in total. The fraction of sp³-hybridized carbons (Fsp3) is 0.188. The zero-order valence-electron chi connectivity index (χ0n) is 11.9. The number of methoxy groups -OCH3 is 2. The summed E-state index contributed by atoms with van der Waals surface area (Å²) in [5, 5.41) is 0. The first-order valence-corrected chi connectivity index (χ1v) is 7.79. The summed E-state index contributed by atoms with van der Waals surface area (Å²) in [4.78, 5) is 12.8. The highest BCUT2D eigenvalue weighted by Crippen LogP contribution is 2.35. The third-order valence-electron chi connectivity index (χ3n) is 3.09. The van der Waals surface area contributed by atoms with Crippen LogP contribution in [0.15, 0.2) is 39.3 Å². The van der Waals surface area contributed by atoms with E-state index in [4.69, 9.17) is 9.47 Å². The van der Waals surface area contributed by atoms with Gasteiger partial charge in [0.05, 0.1) is 24.3 Å². The van der Waals surface area contributed by atoms with Crippen molar-refractivity contribution in [1.29, 1.82) is 0 Å². The predicted molar refractivity (Wildman–Crippen MR) is 89.6 cm³/mol. The van der Waals surface area contributed by atoms with Gasteiger partial charge in [-0.3, -0.25) is 4.79 Å². The predicted octanol–water partition coefficient (Wildman–Crippen LogP) is 4.77. The first-order chi connectivity index (χ1) is 9.97. The molecule has 0 radical (unpaired) electrons. The van der Waals surface area contributed by atoms with Crippen LogP contribution in [0.25, 0.3) is 0 Å². The molecule has 0 aromatic heterocycles. The van der Waals surface area contributed by atoms with Gasteiger partial charge in [0.15, 0.2) is 5.78 Å². The van der Waals surface area contributed by atoms with Crippen molar-refractivity contribution in [3.05, 3.63) is 56.0 Å². The van der Waals surface area contributed by atoms with Crippen LogP contribution >= 0.6 is 31.9 Å². The highest BCUT2D eigenvalue weighted by molar-refractivity contribution is 9.10. The Morgan fingerprint density at radius 3 is 2.19 bits per heavy atom. The summed E-state index contributed by atoms with van der Waals surface area (Å²) in [7, 11) is 3.10. The second-order valence-corrected chi connectivity index (χ2v) is 6.21. The molecule has 0 N–H and O–H groups in total. The van der Waals surface area contributed by atoms with E-state index in [-0.39, 0.29) is 5.78 Å². The number of ether oxygens (including phenoxy) is 2. The summed E-state index contributed by atoms with van der Waals surface area (Å²) in [5.74, 6) is 0.970. The van der Waals surface area contributed by atoms with E-state index < -0.39 is 0 Å². The molecule has 2 rings (SSSR count). The van der Waals surface area contributed by atoms with Crippen LogP contribution in [-0.4, -0.2) is 20.0 Å². The molecule has 0 atom stereocenters. The fourth-order valence-corrected chi connectivity index (χ4v) is 2.91. The van der Waals surface area contributed by atoms with Crippen LogP contribution in [0.5, 0.6) is 11.5 Å². The van der Waals surface area contributed by atoms with Crippen LogP contribution in [0.3, 0.4) is 0 Å². The molecule has 110 valence electrons. The van der Waals surface area contributed by atoms with Gasteiger partial charge in [0, 0.05) is 10.0 Å². The van der Waals surface area contributed by atoms with Crippen LogP contribution in [0.1, 0.15) is 21.5 Å². The van der Waals surface area contributed by atoms with E-state index in [1.807, 2.05) is 25.1 Å². The molecule has 5 heteroatoms. The molecule has 0 heterocycles. The first kappa shape index (κ1) is 16.0. The number of carbonyl (C=O) groups excluding carboxylic acids is 1. The molecule has 2 aromatic carbocycles. The Morgan fingerprint density at radius 1 is 0.905 bits per heavy atom. The Balaban J connectivity index is 2.59. The number of hydrogen-bond acceptors (Lipinski definition) is 3. The van der Waals surface area contributed by atoms with Gasteiger partial charge in [-0.25, -0.2) is 0 Å². The van der Waals surface area contributed by atoms with Crippen molar-refractivity contribution in [2.75, 3.05) is 14.2 Å². The minimum Gasteiger partial charge on any atom is -0.496 e. The number of benzene rings is 2. The minimum atomic E-state index is -0.117. The highest BCUT2D eigenvalue weighted by Gasteiger charge is 2.19. The maximum atomic E-state index is 12.8. The van der Waals surface area contributed by atoms with Crippen molar-refractivity contribution in [2.45, 2.75) is 6.92 Å². The molecule has 21 heavy (non-hydrogen) atoms. The lowest BCUT2D eigenvalue weighted by Gasteiger charge is -2.12. The molecule has 0 aliphatic rings. The van der Waals surface area contributed by atoms with E-state index in [1.165, 1.54) is 7.11 Å². The summed E-state index contributed by atoms with van der Waals surface area (Å²) in [6, 6.07) is 9.07. The standard InChI is InChI=1S/C16H14Br2O3/c1-9-4-5-12(17)10(6-9)16(19)11-7-15(21-3)13(18)8-14(11)20-2/h4-8H,1-3H3. The van der Waals surface area contributed by atoms with Crippen molar-refractivity contribution in [3.63, 3.8) is 0 Å². The van der Waals surface area contributed by atoms with Crippen molar-refractivity contribution in [3.8, 4) is 11.5 Å². The van der Waals surface area contributed by atoms with Crippen LogP contribution in [-0.2, 0) is 0 Å². The SMILES string of the molecule is COc1cc(C(=O)c2cc(C)ccc2Br)c(OC)cc1Br. The maximum absolute atomic E-state index is 12.8. The number of halogens is 2. The van der Waals surface area contributed by atoms with Crippen molar-refractivity contribution in [1.82, 2.24) is 0 Å². The van der Waals surface area contributed by atoms with E-state index in [0.29, 0.717) is 22.6 Å². The molecule has 0 aliphatic heterocycles. The second kappa shape index (κ2) is 6.62. The van der Waals surface area contributed by atoms with Gasteiger partial charge in [-0.15, -0.1) is 0 Å². The Labute approximate surface area is 140 Å². The number of hydrogen-bond donors (Lipinski definition) is 0. The average Bonchev–Trinajstić information content (AvgIpc) is 2.48. The summed E-state index contributed by atoms with van der Waals surface area (Å²) in [5.41, 5.74) is 2.08. The normalized spacial score (nSPS) is 10.3. The lowest BCUT2D eigenvalue weighted by atomic mass is 10.0. The van der Waals surface area contributed by atoms with Gasteiger partial charge in [0.2, 0.25) is 0 Å². The lowest BCUT2D eigenvalue weighted by molar-refractivity contribution is 0.103. The Kier molecular flexibility index (Phi) is 5.06. The van der Waals surface area contributed by atoms with Gasteiger partial charge < -0.3 is 9.47 Å². The lowest BCUT2D eigenvalue weighted by Crippen LogP contribution is -2.06. The topological polar surface area (TPSA) is 35.5 Å². The molecule has 0 saturated carbocycles. The Morgan fingerprint density at radius 2 is 1.57 bits per heavy atom. The van der Waals surface area contributed by atoms with Crippen LogP contribution < -0.4 is 9.47 Å². The zero-order chi connectivity index (χ0) is 15.6. The van der Waals surface area contributed by atoms with Gasteiger partial charge in [0.1, 0.15) is 11.5 Å². The largest absolute Gasteiger partial charge is 0.496 e. The van der Waals surface area contributed by atoms with E-state index in [1.54, 1.807) is 19.2 Å².